The summed E-state index contributed by atoms with van der Waals surface area (Å²) in [5.74, 6) is -0.573. The van der Waals surface area contributed by atoms with Gasteiger partial charge in [-0.1, -0.05) is 53.0 Å². The van der Waals surface area contributed by atoms with Crippen molar-refractivity contribution in [2.75, 3.05) is 5.32 Å². The summed E-state index contributed by atoms with van der Waals surface area (Å²) in [6.07, 6.45) is -4.75. The number of anilines is 1. The molecule has 0 bridgehead atoms. The molecule has 3 heterocycles. The van der Waals surface area contributed by atoms with Crippen LogP contribution >= 0.6 is 34.8 Å². The van der Waals surface area contributed by atoms with Gasteiger partial charge >= 0.3 is 6.18 Å². The van der Waals surface area contributed by atoms with Crippen LogP contribution in [0.2, 0.25) is 15.1 Å². The maximum absolute atomic E-state index is 13.9. The molecule has 0 saturated carbocycles. The van der Waals surface area contributed by atoms with Gasteiger partial charge < -0.3 is 5.32 Å². The fourth-order valence-corrected chi connectivity index (χ4v) is 4.44. The van der Waals surface area contributed by atoms with Crippen LogP contribution in [0.15, 0.2) is 60.7 Å². The van der Waals surface area contributed by atoms with Gasteiger partial charge in [0.2, 0.25) is 0 Å². The molecule has 0 fully saturated rings. The molecule has 194 valence electrons. The second-order valence-electron chi connectivity index (χ2n) is 8.31. The van der Waals surface area contributed by atoms with Crippen molar-refractivity contribution in [1.82, 2.24) is 24.4 Å². The van der Waals surface area contributed by atoms with E-state index in [1.807, 2.05) is 0 Å². The Balaban J connectivity index is 1.45. The molecule has 38 heavy (non-hydrogen) atoms. The molecule has 0 aliphatic rings. The van der Waals surface area contributed by atoms with Gasteiger partial charge in [0.1, 0.15) is 0 Å². The zero-order chi connectivity index (χ0) is 27.2. The molecule has 0 atom stereocenters. The van der Waals surface area contributed by atoms with Gasteiger partial charge in [0, 0.05) is 44.0 Å². The standard InChI is InChI=1S/C25H16Cl3F3N6O/c1-13-9-22(35-36(13)12-16-17(27)3-2-4-18(16)28)33-24(38)20-11-23-32-19(14-5-7-15(26)8-6-14)10-21(25(29,30)31)37(23)34-20/h2-11H,12H2,1H3,(H,33,35,38). The molecular weight excluding hydrogens is 564 g/mol. The SMILES string of the molecule is Cc1cc(NC(=O)c2cc3nc(-c4ccc(Cl)cc4)cc(C(F)(F)F)n3n2)nn1Cc1c(Cl)cccc1Cl. The molecule has 2 aromatic carbocycles. The highest BCUT2D eigenvalue weighted by Crippen LogP contribution is 2.33. The van der Waals surface area contributed by atoms with Gasteiger partial charge in [0.15, 0.2) is 22.9 Å². The molecule has 0 aliphatic heterocycles. The molecule has 5 aromatic rings. The Hall–Kier alpha value is -3.60. The average Bonchev–Trinajstić information content (AvgIpc) is 3.43. The summed E-state index contributed by atoms with van der Waals surface area (Å²) in [7, 11) is 0. The number of amides is 1. The number of halogens is 6. The third kappa shape index (κ3) is 5.20. The summed E-state index contributed by atoms with van der Waals surface area (Å²) in [5, 5.41) is 12.2. The molecule has 0 radical (unpaired) electrons. The topological polar surface area (TPSA) is 77.1 Å². The van der Waals surface area contributed by atoms with E-state index in [1.165, 1.54) is 6.07 Å². The van der Waals surface area contributed by atoms with Gasteiger partial charge in [0.25, 0.3) is 5.91 Å². The van der Waals surface area contributed by atoms with Crippen molar-refractivity contribution >= 4 is 52.2 Å². The van der Waals surface area contributed by atoms with Crippen LogP contribution in [0.4, 0.5) is 19.0 Å². The quantitative estimate of drug-likeness (QED) is 0.239. The number of aryl methyl sites for hydroxylation is 1. The number of hydrogen-bond acceptors (Lipinski definition) is 4. The summed E-state index contributed by atoms with van der Waals surface area (Å²) in [6.45, 7) is 2.02. The Labute approximate surface area is 228 Å². The van der Waals surface area contributed by atoms with Crippen molar-refractivity contribution in [2.45, 2.75) is 19.6 Å². The second kappa shape index (κ2) is 9.94. The molecule has 7 nitrogen and oxygen atoms in total. The molecule has 1 N–H and O–H groups in total. The van der Waals surface area contributed by atoms with Crippen LogP contribution < -0.4 is 5.32 Å². The fraction of sp³-hybridized carbons (Fsp3) is 0.120. The molecule has 0 spiro atoms. The van der Waals surface area contributed by atoms with Gasteiger partial charge in [-0.05, 0) is 37.3 Å². The van der Waals surface area contributed by atoms with E-state index in [-0.39, 0.29) is 29.4 Å². The number of carbonyl (C=O) groups is 1. The van der Waals surface area contributed by atoms with Crippen molar-refractivity contribution in [3.63, 3.8) is 0 Å². The minimum absolute atomic E-state index is 0.0564. The summed E-state index contributed by atoms with van der Waals surface area (Å²) < 4.78 is 43.8. The zero-order valence-corrected chi connectivity index (χ0v) is 21.7. The minimum atomic E-state index is -4.75. The predicted octanol–water partition coefficient (Wildman–Crippen LogP) is 7.18. The van der Waals surface area contributed by atoms with Crippen LogP contribution in [0.5, 0.6) is 0 Å². The predicted molar refractivity (Wildman–Crippen MR) is 139 cm³/mol. The lowest BCUT2D eigenvalue weighted by Crippen LogP contribution is -2.16. The monoisotopic (exact) mass is 578 g/mol. The average molecular weight is 580 g/mol. The molecule has 0 saturated heterocycles. The van der Waals surface area contributed by atoms with Crippen LogP contribution in [0.1, 0.15) is 27.4 Å². The first-order chi connectivity index (χ1) is 18.0. The highest BCUT2D eigenvalue weighted by molar-refractivity contribution is 6.36. The zero-order valence-electron chi connectivity index (χ0n) is 19.4. The number of carbonyl (C=O) groups excluding carboxylic acids is 1. The summed E-state index contributed by atoms with van der Waals surface area (Å²) in [6, 6.07) is 15.0. The summed E-state index contributed by atoms with van der Waals surface area (Å²) in [5.41, 5.74) is 0.337. The van der Waals surface area contributed by atoms with Gasteiger partial charge in [-0.3, -0.25) is 9.48 Å². The van der Waals surface area contributed by atoms with E-state index in [2.05, 4.69) is 20.5 Å². The van der Waals surface area contributed by atoms with Gasteiger partial charge in [-0.25, -0.2) is 9.50 Å². The van der Waals surface area contributed by atoms with Gasteiger partial charge in [-0.2, -0.15) is 23.4 Å². The van der Waals surface area contributed by atoms with Crippen LogP contribution in [0.25, 0.3) is 16.9 Å². The lowest BCUT2D eigenvalue weighted by molar-refractivity contribution is -0.142. The third-order valence-corrected chi connectivity index (χ3v) is 6.64. The minimum Gasteiger partial charge on any atom is -0.304 e. The summed E-state index contributed by atoms with van der Waals surface area (Å²) in [4.78, 5) is 17.2. The van der Waals surface area contributed by atoms with E-state index in [0.717, 1.165) is 6.07 Å². The van der Waals surface area contributed by atoms with Crippen LogP contribution in [-0.2, 0) is 12.7 Å². The molecule has 0 unspecified atom stereocenters. The number of aromatic nitrogens is 5. The smallest absolute Gasteiger partial charge is 0.304 e. The van der Waals surface area contributed by atoms with Crippen molar-refractivity contribution in [2.24, 2.45) is 0 Å². The maximum atomic E-state index is 13.9. The first kappa shape index (κ1) is 26.0. The first-order valence-electron chi connectivity index (χ1n) is 11.0. The van der Waals surface area contributed by atoms with E-state index >= 15 is 0 Å². The number of fused-ring (bicyclic) bond motifs is 1. The number of hydrogen-bond donors (Lipinski definition) is 1. The lowest BCUT2D eigenvalue weighted by atomic mass is 10.1. The van der Waals surface area contributed by atoms with E-state index < -0.39 is 17.8 Å². The largest absolute Gasteiger partial charge is 0.433 e. The molecule has 3 aromatic heterocycles. The van der Waals surface area contributed by atoms with Crippen molar-refractivity contribution in [3.05, 3.63) is 98.4 Å². The van der Waals surface area contributed by atoms with Crippen molar-refractivity contribution in [3.8, 4) is 11.3 Å². The van der Waals surface area contributed by atoms with E-state index in [9.17, 15) is 18.0 Å². The Bertz CT molecular complexity index is 1660. The Morgan fingerprint density at radius 1 is 0.974 bits per heavy atom. The fourth-order valence-electron chi connectivity index (χ4n) is 3.80. The van der Waals surface area contributed by atoms with E-state index in [1.54, 1.807) is 60.1 Å². The number of nitrogens with one attached hydrogen (secondary N) is 1. The number of alkyl halides is 3. The van der Waals surface area contributed by atoms with Crippen LogP contribution in [0, 0.1) is 6.92 Å². The Morgan fingerprint density at radius 3 is 2.32 bits per heavy atom. The molecule has 13 heteroatoms. The molecular formula is C25H16Cl3F3N6O. The van der Waals surface area contributed by atoms with E-state index in [4.69, 9.17) is 34.8 Å². The third-order valence-electron chi connectivity index (χ3n) is 5.68. The van der Waals surface area contributed by atoms with Crippen LogP contribution in [-0.4, -0.2) is 30.3 Å². The van der Waals surface area contributed by atoms with Crippen molar-refractivity contribution in [1.29, 1.82) is 0 Å². The maximum Gasteiger partial charge on any atom is 0.433 e. The normalized spacial score (nSPS) is 11.8. The lowest BCUT2D eigenvalue weighted by Gasteiger charge is -2.11. The van der Waals surface area contributed by atoms with Crippen molar-refractivity contribution < 1.29 is 18.0 Å². The Morgan fingerprint density at radius 2 is 1.66 bits per heavy atom. The van der Waals surface area contributed by atoms with Crippen LogP contribution in [0.3, 0.4) is 0 Å². The molecule has 0 aliphatic carbocycles. The van der Waals surface area contributed by atoms with Gasteiger partial charge in [-0.15, -0.1) is 0 Å². The first-order valence-corrected chi connectivity index (χ1v) is 12.2. The number of rotatable bonds is 5. The summed E-state index contributed by atoms with van der Waals surface area (Å²) >= 11 is 18.4. The molecule has 5 rings (SSSR count). The van der Waals surface area contributed by atoms with E-state index in [0.29, 0.717) is 36.4 Å². The highest BCUT2D eigenvalue weighted by Gasteiger charge is 2.35. The van der Waals surface area contributed by atoms with Gasteiger partial charge in [0.05, 0.1) is 12.2 Å². The highest BCUT2D eigenvalue weighted by atomic mass is 35.5. The number of benzene rings is 2. The number of nitrogens with zero attached hydrogens (tertiary/aromatic N) is 5. The second-order valence-corrected chi connectivity index (χ2v) is 9.56. The molecule has 1 amide bonds. The Kier molecular flexibility index (Phi) is 6.81.